The third kappa shape index (κ3) is 3.72. The summed E-state index contributed by atoms with van der Waals surface area (Å²) in [5, 5.41) is 10.1. The number of benzene rings is 2. The molecule has 2 nitrogen and oxygen atoms in total. The second kappa shape index (κ2) is 6.09. The van der Waals surface area contributed by atoms with E-state index in [9.17, 15) is 5.11 Å². The average molecular weight is 277 g/mol. The van der Waals surface area contributed by atoms with Crippen molar-refractivity contribution in [2.24, 2.45) is 0 Å². The Kier molecular flexibility index (Phi) is 4.46. The number of halogens is 1. The second-order valence-electron chi connectivity index (χ2n) is 4.63. The van der Waals surface area contributed by atoms with E-state index in [1.165, 1.54) is 0 Å². The van der Waals surface area contributed by atoms with Gasteiger partial charge in [-0.05, 0) is 43.2 Å². The minimum absolute atomic E-state index is 0.438. The standard InChI is InChI=1S/C16H17ClO2/c1-11-3-4-14(16(17)9-11)10-19-15-7-5-13(6-8-15)12(2)18/h3-9,12,18H,10H2,1-2H3/t12-/m1/s1. The molecule has 0 saturated carbocycles. The van der Waals surface area contributed by atoms with E-state index in [2.05, 4.69) is 0 Å². The molecule has 0 spiro atoms. The lowest BCUT2D eigenvalue weighted by Gasteiger charge is -2.10. The maximum atomic E-state index is 9.43. The van der Waals surface area contributed by atoms with Crippen LogP contribution in [0.25, 0.3) is 0 Å². The van der Waals surface area contributed by atoms with Crippen LogP contribution in [0.15, 0.2) is 42.5 Å². The van der Waals surface area contributed by atoms with Crippen molar-refractivity contribution in [3.8, 4) is 5.75 Å². The minimum Gasteiger partial charge on any atom is -0.489 e. The molecule has 0 aliphatic rings. The molecular formula is C16H17ClO2. The quantitative estimate of drug-likeness (QED) is 0.903. The van der Waals surface area contributed by atoms with Crippen molar-refractivity contribution >= 4 is 11.6 Å². The number of aliphatic hydroxyl groups is 1. The highest BCUT2D eigenvalue weighted by Crippen LogP contribution is 2.21. The van der Waals surface area contributed by atoms with E-state index in [1.807, 2.05) is 49.4 Å². The molecule has 0 bridgehead atoms. The van der Waals surface area contributed by atoms with Gasteiger partial charge in [0.1, 0.15) is 12.4 Å². The molecule has 3 heteroatoms. The van der Waals surface area contributed by atoms with Crippen LogP contribution >= 0.6 is 11.6 Å². The van der Waals surface area contributed by atoms with E-state index in [-0.39, 0.29) is 0 Å². The van der Waals surface area contributed by atoms with Gasteiger partial charge in [-0.15, -0.1) is 0 Å². The first kappa shape index (κ1) is 13.9. The summed E-state index contributed by atoms with van der Waals surface area (Å²) < 4.78 is 5.68. The Balaban J connectivity index is 2.02. The Morgan fingerprint density at radius 1 is 1.16 bits per heavy atom. The van der Waals surface area contributed by atoms with Crippen LogP contribution in [0.1, 0.15) is 29.7 Å². The fourth-order valence-corrected chi connectivity index (χ4v) is 2.06. The highest BCUT2D eigenvalue weighted by molar-refractivity contribution is 6.31. The lowest BCUT2D eigenvalue weighted by atomic mass is 10.1. The smallest absolute Gasteiger partial charge is 0.119 e. The zero-order chi connectivity index (χ0) is 13.8. The van der Waals surface area contributed by atoms with Gasteiger partial charge in [0.05, 0.1) is 6.10 Å². The van der Waals surface area contributed by atoms with Crippen molar-refractivity contribution in [3.05, 3.63) is 64.2 Å². The SMILES string of the molecule is Cc1ccc(COc2ccc([C@@H](C)O)cc2)c(Cl)c1. The molecule has 2 rings (SSSR count). The predicted molar refractivity (Wildman–Crippen MR) is 77.6 cm³/mol. The van der Waals surface area contributed by atoms with Crippen LogP contribution in [0.3, 0.4) is 0 Å². The highest BCUT2D eigenvalue weighted by Gasteiger charge is 2.03. The second-order valence-corrected chi connectivity index (χ2v) is 5.04. The summed E-state index contributed by atoms with van der Waals surface area (Å²) in [6.07, 6.45) is -0.458. The lowest BCUT2D eigenvalue weighted by molar-refractivity contribution is 0.199. The summed E-state index contributed by atoms with van der Waals surface area (Å²) in [7, 11) is 0. The van der Waals surface area contributed by atoms with Gasteiger partial charge in [0.2, 0.25) is 0 Å². The van der Waals surface area contributed by atoms with E-state index < -0.39 is 6.10 Å². The van der Waals surface area contributed by atoms with E-state index in [0.29, 0.717) is 6.61 Å². The van der Waals surface area contributed by atoms with Gasteiger partial charge in [0.15, 0.2) is 0 Å². The zero-order valence-corrected chi connectivity index (χ0v) is 11.8. The summed E-state index contributed by atoms with van der Waals surface area (Å²) >= 11 is 6.15. The van der Waals surface area contributed by atoms with Crippen molar-refractivity contribution in [3.63, 3.8) is 0 Å². The van der Waals surface area contributed by atoms with Crippen molar-refractivity contribution < 1.29 is 9.84 Å². The molecule has 0 fully saturated rings. The first-order chi connectivity index (χ1) is 9.06. The van der Waals surface area contributed by atoms with Gasteiger partial charge < -0.3 is 9.84 Å². The van der Waals surface area contributed by atoms with E-state index in [1.54, 1.807) is 6.92 Å². The van der Waals surface area contributed by atoms with Crippen LogP contribution in [0.4, 0.5) is 0 Å². The number of hydrogen-bond donors (Lipinski definition) is 1. The van der Waals surface area contributed by atoms with E-state index in [4.69, 9.17) is 16.3 Å². The van der Waals surface area contributed by atoms with Gasteiger partial charge in [-0.25, -0.2) is 0 Å². The van der Waals surface area contributed by atoms with E-state index >= 15 is 0 Å². The van der Waals surface area contributed by atoms with Crippen molar-refractivity contribution in [1.29, 1.82) is 0 Å². The Labute approximate surface area is 118 Å². The largest absolute Gasteiger partial charge is 0.489 e. The molecule has 0 saturated heterocycles. The van der Waals surface area contributed by atoms with Crippen LogP contribution in [0.2, 0.25) is 5.02 Å². The highest BCUT2D eigenvalue weighted by atomic mass is 35.5. The molecule has 0 aliphatic carbocycles. The fraction of sp³-hybridized carbons (Fsp3) is 0.250. The Hall–Kier alpha value is -1.51. The molecule has 1 N–H and O–H groups in total. The molecule has 1 atom stereocenters. The van der Waals surface area contributed by atoms with Crippen molar-refractivity contribution in [1.82, 2.24) is 0 Å². The monoisotopic (exact) mass is 276 g/mol. The number of hydrogen-bond acceptors (Lipinski definition) is 2. The molecule has 0 amide bonds. The van der Waals surface area contributed by atoms with Gasteiger partial charge in [-0.2, -0.15) is 0 Å². The summed E-state index contributed by atoms with van der Waals surface area (Å²) in [5.74, 6) is 0.765. The maximum absolute atomic E-state index is 9.43. The Morgan fingerprint density at radius 2 is 1.84 bits per heavy atom. The Morgan fingerprint density at radius 3 is 2.42 bits per heavy atom. The molecule has 0 aliphatic heterocycles. The molecule has 0 unspecified atom stereocenters. The predicted octanol–water partition coefficient (Wildman–Crippen LogP) is 4.28. The molecule has 0 radical (unpaired) electrons. The van der Waals surface area contributed by atoms with Crippen LogP contribution in [-0.2, 0) is 6.61 Å². The normalized spacial score (nSPS) is 12.2. The molecular weight excluding hydrogens is 260 g/mol. The van der Waals surface area contributed by atoms with Crippen LogP contribution in [0.5, 0.6) is 5.75 Å². The van der Waals surface area contributed by atoms with Gasteiger partial charge >= 0.3 is 0 Å². The van der Waals surface area contributed by atoms with Crippen LogP contribution in [0, 0.1) is 6.92 Å². The first-order valence-corrected chi connectivity index (χ1v) is 6.60. The fourth-order valence-electron chi connectivity index (χ4n) is 1.77. The van der Waals surface area contributed by atoms with E-state index in [0.717, 1.165) is 27.5 Å². The van der Waals surface area contributed by atoms with Gasteiger partial charge in [0, 0.05) is 10.6 Å². The molecule has 0 heterocycles. The number of rotatable bonds is 4. The van der Waals surface area contributed by atoms with Crippen molar-refractivity contribution in [2.45, 2.75) is 26.6 Å². The summed E-state index contributed by atoms with van der Waals surface area (Å²) in [6, 6.07) is 13.3. The summed E-state index contributed by atoms with van der Waals surface area (Å²) in [4.78, 5) is 0. The third-order valence-corrected chi connectivity index (χ3v) is 3.32. The Bertz CT molecular complexity index is 547. The topological polar surface area (TPSA) is 29.5 Å². The molecule has 0 aromatic heterocycles. The molecule has 2 aromatic rings. The first-order valence-electron chi connectivity index (χ1n) is 6.22. The number of ether oxygens (including phenoxy) is 1. The maximum Gasteiger partial charge on any atom is 0.119 e. The van der Waals surface area contributed by atoms with Crippen molar-refractivity contribution in [2.75, 3.05) is 0 Å². The van der Waals surface area contributed by atoms with Gasteiger partial charge in [-0.3, -0.25) is 0 Å². The summed E-state index contributed by atoms with van der Waals surface area (Å²) in [6.45, 7) is 4.18. The summed E-state index contributed by atoms with van der Waals surface area (Å²) in [5.41, 5.74) is 2.97. The van der Waals surface area contributed by atoms with Crippen LogP contribution < -0.4 is 4.74 Å². The minimum atomic E-state index is -0.458. The van der Waals surface area contributed by atoms with Crippen LogP contribution in [-0.4, -0.2) is 5.11 Å². The lowest BCUT2D eigenvalue weighted by Crippen LogP contribution is -1.97. The van der Waals surface area contributed by atoms with Gasteiger partial charge in [0.25, 0.3) is 0 Å². The number of aryl methyl sites for hydroxylation is 1. The average Bonchev–Trinajstić information content (AvgIpc) is 2.38. The molecule has 100 valence electrons. The van der Waals surface area contributed by atoms with Gasteiger partial charge in [-0.1, -0.05) is 35.9 Å². The third-order valence-electron chi connectivity index (χ3n) is 2.97. The molecule has 2 aromatic carbocycles. The molecule has 19 heavy (non-hydrogen) atoms. The number of aliphatic hydroxyl groups excluding tert-OH is 1. The zero-order valence-electron chi connectivity index (χ0n) is 11.1.